The van der Waals surface area contributed by atoms with Crippen LogP contribution < -0.4 is 10.6 Å². The topological polar surface area (TPSA) is 87.4 Å². The first-order valence-electron chi connectivity index (χ1n) is 11.4. The first-order chi connectivity index (χ1) is 15.0. The van der Waals surface area contributed by atoms with E-state index in [1.165, 1.54) is 12.8 Å². The summed E-state index contributed by atoms with van der Waals surface area (Å²) in [6, 6.07) is 6.40. The highest BCUT2D eigenvalue weighted by Gasteiger charge is 2.44. The Morgan fingerprint density at radius 1 is 1.26 bits per heavy atom. The van der Waals surface area contributed by atoms with Crippen molar-refractivity contribution in [1.82, 2.24) is 19.7 Å². The number of likely N-dealkylation sites (tertiary alicyclic amines) is 1. The van der Waals surface area contributed by atoms with Gasteiger partial charge in [0.2, 0.25) is 5.91 Å². The highest BCUT2D eigenvalue weighted by atomic mass is 16.2. The number of rotatable bonds is 3. The fourth-order valence-electron chi connectivity index (χ4n) is 5.09. The van der Waals surface area contributed by atoms with Crippen molar-refractivity contribution in [2.75, 3.05) is 23.7 Å². The first kappa shape index (κ1) is 20.0. The molecule has 8 nitrogen and oxygen atoms in total. The van der Waals surface area contributed by atoms with Crippen LogP contribution in [0.5, 0.6) is 0 Å². The quantitative estimate of drug-likeness (QED) is 0.795. The molecule has 164 valence electrons. The molecular weight excluding hydrogens is 390 g/mol. The van der Waals surface area contributed by atoms with Crippen molar-refractivity contribution in [3.05, 3.63) is 35.8 Å². The van der Waals surface area contributed by atoms with Gasteiger partial charge in [0.1, 0.15) is 12.4 Å². The molecule has 2 N–H and O–H groups in total. The minimum atomic E-state index is -0.270. The molecule has 3 aliphatic rings. The molecule has 1 aliphatic carbocycles. The van der Waals surface area contributed by atoms with Crippen molar-refractivity contribution in [3.8, 4) is 0 Å². The van der Waals surface area contributed by atoms with Gasteiger partial charge in [0.05, 0.1) is 23.0 Å². The maximum absolute atomic E-state index is 12.9. The van der Waals surface area contributed by atoms with Gasteiger partial charge in [-0.25, -0.2) is 4.98 Å². The van der Waals surface area contributed by atoms with Gasteiger partial charge in [0.25, 0.3) is 0 Å². The fraction of sp³-hybridized carbons (Fsp3) is 0.565. The lowest BCUT2D eigenvalue weighted by Crippen LogP contribution is -2.59. The molecule has 2 aromatic heterocycles. The van der Waals surface area contributed by atoms with E-state index in [2.05, 4.69) is 26.8 Å². The maximum Gasteiger partial charge on any atom is 0.244 e. The van der Waals surface area contributed by atoms with E-state index in [1.54, 1.807) is 10.9 Å². The van der Waals surface area contributed by atoms with Crippen LogP contribution in [0, 0.1) is 13.8 Å². The maximum atomic E-state index is 12.9. The first-order valence-corrected chi connectivity index (χ1v) is 11.4. The summed E-state index contributed by atoms with van der Waals surface area (Å²) >= 11 is 0. The third-order valence-corrected chi connectivity index (χ3v) is 6.87. The molecule has 4 heterocycles. The van der Waals surface area contributed by atoms with Crippen LogP contribution in [-0.2, 0) is 11.3 Å². The summed E-state index contributed by atoms with van der Waals surface area (Å²) in [4.78, 5) is 24.6. The van der Waals surface area contributed by atoms with Crippen LogP contribution in [0.25, 0.3) is 0 Å². The van der Waals surface area contributed by atoms with Gasteiger partial charge in [0, 0.05) is 25.0 Å². The minimum Gasteiger partial charge on any atom is -0.370 e. The van der Waals surface area contributed by atoms with Gasteiger partial charge >= 0.3 is 0 Å². The molecule has 0 radical (unpaired) electrons. The molecule has 31 heavy (non-hydrogen) atoms. The molecule has 2 aliphatic heterocycles. The molecule has 0 unspecified atom stereocenters. The summed E-state index contributed by atoms with van der Waals surface area (Å²) < 4.78 is 1.80. The van der Waals surface area contributed by atoms with E-state index in [1.807, 2.05) is 30.9 Å². The van der Waals surface area contributed by atoms with Crippen molar-refractivity contribution >= 4 is 23.2 Å². The second-order valence-corrected chi connectivity index (χ2v) is 9.11. The highest BCUT2D eigenvalue weighted by Crippen LogP contribution is 2.37. The fourth-order valence-corrected chi connectivity index (χ4v) is 5.09. The van der Waals surface area contributed by atoms with E-state index >= 15 is 0 Å². The van der Waals surface area contributed by atoms with E-state index < -0.39 is 0 Å². The van der Waals surface area contributed by atoms with Gasteiger partial charge in [-0.15, -0.1) is 0 Å². The third-order valence-electron chi connectivity index (χ3n) is 6.87. The molecule has 1 saturated heterocycles. The van der Waals surface area contributed by atoms with Gasteiger partial charge in [-0.1, -0.05) is 12.8 Å². The zero-order chi connectivity index (χ0) is 21.4. The Morgan fingerprint density at radius 3 is 2.74 bits per heavy atom. The predicted molar refractivity (Wildman–Crippen MR) is 121 cm³/mol. The molecule has 0 bridgehead atoms. The van der Waals surface area contributed by atoms with Crippen molar-refractivity contribution in [1.29, 1.82) is 0 Å². The SMILES string of the molecule is Cc1cc(C)n(CC(=O)N2CCC3(CC2)Nc2cccnc2NC3=NC2CCCC2)n1. The van der Waals surface area contributed by atoms with Crippen LogP contribution in [0.1, 0.15) is 49.9 Å². The molecule has 8 heteroatoms. The van der Waals surface area contributed by atoms with Crippen LogP contribution in [0.4, 0.5) is 11.5 Å². The standard InChI is InChI=1S/C23H31N7O/c1-16-14-17(2)30(28-16)15-20(31)29-12-9-23(10-13-29)22(25-18-6-3-4-7-18)26-21-19(27-23)8-5-11-24-21/h5,8,11,14,18,27H,3-4,6-7,9-10,12-13,15H2,1-2H3,(H,24,25,26). The number of amides is 1. The average molecular weight is 422 g/mol. The Hall–Kier alpha value is -2.90. The Labute approximate surface area is 183 Å². The Kier molecular flexibility index (Phi) is 5.16. The van der Waals surface area contributed by atoms with Crippen LogP contribution in [0.3, 0.4) is 0 Å². The normalized spacial score (nSPS) is 21.7. The summed E-state index contributed by atoms with van der Waals surface area (Å²) in [5.74, 6) is 1.96. The Morgan fingerprint density at radius 2 is 2.03 bits per heavy atom. The second kappa shape index (κ2) is 7.98. The van der Waals surface area contributed by atoms with Gasteiger partial charge < -0.3 is 15.5 Å². The molecule has 0 aromatic carbocycles. The zero-order valence-corrected chi connectivity index (χ0v) is 18.4. The number of aliphatic imine (C=N–C) groups is 1. The van der Waals surface area contributed by atoms with E-state index in [0.717, 1.165) is 54.4 Å². The summed E-state index contributed by atoms with van der Waals surface area (Å²) in [6.07, 6.45) is 8.27. The monoisotopic (exact) mass is 421 g/mol. The summed E-state index contributed by atoms with van der Waals surface area (Å²) in [5, 5.41) is 11.7. The lowest BCUT2D eigenvalue weighted by molar-refractivity contribution is -0.133. The van der Waals surface area contributed by atoms with Gasteiger partial charge in [-0.05, 0) is 57.7 Å². The lowest BCUT2D eigenvalue weighted by Gasteiger charge is -2.46. The van der Waals surface area contributed by atoms with E-state index in [9.17, 15) is 4.79 Å². The Balaban J connectivity index is 1.33. The van der Waals surface area contributed by atoms with E-state index in [-0.39, 0.29) is 11.4 Å². The molecule has 5 rings (SSSR count). The van der Waals surface area contributed by atoms with Gasteiger partial charge in [-0.3, -0.25) is 14.5 Å². The zero-order valence-electron chi connectivity index (χ0n) is 18.4. The average Bonchev–Trinajstić information content (AvgIpc) is 3.38. The number of hydrogen-bond acceptors (Lipinski definition) is 5. The number of aryl methyl sites for hydroxylation is 2. The van der Waals surface area contributed by atoms with Crippen LogP contribution in [0.2, 0.25) is 0 Å². The Bertz CT molecular complexity index is 997. The van der Waals surface area contributed by atoms with Crippen molar-refractivity contribution in [2.45, 2.75) is 70.5 Å². The summed E-state index contributed by atoms with van der Waals surface area (Å²) in [5.41, 5.74) is 2.71. The lowest BCUT2D eigenvalue weighted by atomic mass is 9.84. The van der Waals surface area contributed by atoms with Crippen molar-refractivity contribution in [3.63, 3.8) is 0 Å². The van der Waals surface area contributed by atoms with E-state index in [0.29, 0.717) is 25.7 Å². The second-order valence-electron chi connectivity index (χ2n) is 9.11. The van der Waals surface area contributed by atoms with Crippen LogP contribution in [-0.4, -0.2) is 56.1 Å². The van der Waals surface area contributed by atoms with E-state index in [4.69, 9.17) is 4.99 Å². The number of carbonyl (C=O) groups is 1. The number of nitrogens with zero attached hydrogens (tertiary/aromatic N) is 5. The number of pyridine rings is 1. The third kappa shape index (κ3) is 3.91. The van der Waals surface area contributed by atoms with Gasteiger partial charge in [-0.2, -0.15) is 5.10 Å². The summed E-state index contributed by atoms with van der Waals surface area (Å²) in [6.45, 7) is 5.65. The number of carbonyl (C=O) groups excluding carboxylic acids is 1. The molecular formula is C23H31N7O. The van der Waals surface area contributed by atoms with Crippen LogP contribution >= 0.6 is 0 Å². The van der Waals surface area contributed by atoms with Gasteiger partial charge in [0.15, 0.2) is 5.82 Å². The van der Waals surface area contributed by atoms with Crippen molar-refractivity contribution < 1.29 is 4.79 Å². The predicted octanol–water partition coefficient (Wildman–Crippen LogP) is 3.13. The number of piperidine rings is 1. The molecule has 1 saturated carbocycles. The number of nitrogens with one attached hydrogen (secondary N) is 2. The number of amidine groups is 1. The highest BCUT2D eigenvalue weighted by molar-refractivity contribution is 6.08. The van der Waals surface area contributed by atoms with Crippen molar-refractivity contribution in [2.24, 2.45) is 4.99 Å². The number of anilines is 2. The molecule has 2 fully saturated rings. The smallest absolute Gasteiger partial charge is 0.244 e. The minimum absolute atomic E-state index is 0.126. The largest absolute Gasteiger partial charge is 0.370 e. The molecule has 1 spiro atoms. The molecule has 1 amide bonds. The number of aromatic nitrogens is 3. The van der Waals surface area contributed by atoms with Crippen LogP contribution in [0.15, 0.2) is 29.4 Å². The molecule has 2 aromatic rings. The number of hydrogen-bond donors (Lipinski definition) is 2. The summed E-state index contributed by atoms with van der Waals surface area (Å²) in [7, 11) is 0. The molecule has 0 atom stereocenters. The number of fused-ring (bicyclic) bond motifs is 1.